The lowest BCUT2D eigenvalue weighted by Gasteiger charge is -2.36. The molecule has 0 spiro atoms. The van der Waals surface area contributed by atoms with Crippen LogP contribution >= 0.6 is 0 Å². The van der Waals surface area contributed by atoms with E-state index in [2.05, 4.69) is 13.1 Å². The van der Waals surface area contributed by atoms with E-state index in [1.54, 1.807) is 19.1 Å². The molecule has 105 valence electrons. The molecule has 0 aliphatic heterocycles. The van der Waals surface area contributed by atoms with Crippen LogP contribution < -0.4 is 0 Å². The molecule has 19 heavy (non-hydrogen) atoms. The Bertz CT molecular complexity index is 445. The number of aryl methyl sites for hydroxylation is 1. The fraction of sp³-hybridized carbons (Fsp3) is 0.571. The van der Waals surface area contributed by atoms with Crippen LogP contribution in [0, 0.1) is 18.6 Å². The number of rotatable bonds is 5. The number of hydrogen-bond acceptors (Lipinski definition) is 2. The van der Waals surface area contributed by atoms with E-state index < -0.39 is 20.7 Å². The third kappa shape index (κ3) is 3.61. The van der Waals surface area contributed by atoms with Crippen LogP contribution in [-0.4, -0.2) is 21.2 Å². The van der Waals surface area contributed by atoms with Gasteiger partial charge in [-0.25, -0.2) is 8.78 Å². The summed E-state index contributed by atoms with van der Waals surface area (Å²) in [5, 5.41) is 0. The Morgan fingerprint density at radius 2 is 1.84 bits per heavy atom. The number of ether oxygens (including phenoxy) is 1. The zero-order valence-electron chi connectivity index (χ0n) is 11.5. The summed E-state index contributed by atoms with van der Waals surface area (Å²) in [6.45, 7) is 5.87. The zero-order chi connectivity index (χ0) is 14.0. The second-order valence-electron chi connectivity index (χ2n) is 5.22. The van der Waals surface area contributed by atoms with Crippen molar-refractivity contribution in [2.24, 2.45) is 0 Å². The molecule has 5 heteroatoms. The number of halogens is 2. The first-order valence-corrected chi connectivity index (χ1v) is 8.90. The Kier molecular flexibility index (Phi) is 4.70. The van der Waals surface area contributed by atoms with Gasteiger partial charge < -0.3 is 9.16 Å². The molecule has 1 aromatic rings. The molecule has 0 aromatic heterocycles. The summed E-state index contributed by atoms with van der Waals surface area (Å²) in [4.78, 5) is 0. The van der Waals surface area contributed by atoms with E-state index >= 15 is 0 Å². The van der Waals surface area contributed by atoms with E-state index in [1.807, 2.05) is 0 Å². The van der Waals surface area contributed by atoms with Gasteiger partial charge in [0.15, 0.2) is 11.6 Å². The molecule has 0 atom stereocenters. The molecule has 1 fully saturated rings. The van der Waals surface area contributed by atoms with E-state index in [0.717, 1.165) is 12.8 Å². The molecule has 1 aliphatic carbocycles. The van der Waals surface area contributed by atoms with E-state index in [-0.39, 0.29) is 24.4 Å². The van der Waals surface area contributed by atoms with Crippen molar-refractivity contribution in [3.63, 3.8) is 0 Å². The third-order valence-electron chi connectivity index (χ3n) is 3.28. The van der Waals surface area contributed by atoms with Crippen LogP contribution in [0.5, 0.6) is 0 Å². The summed E-state index contributed by atoms with van der Waals surface area (Å²) in [6, 6.07) is 3.16. The molecular formula is C14H19F2O2Si. The molecular weight excluding hydrogens is 266 g/mol. The van der Waals surface area contributed by atoms with Gasteiger partial charge in [-0.05, 0) is 38.4 Å². The monoisotopic (exact) mass is 285 g/mol. The topological polar surface area (TPSA) is 18.5 Å². The maximum absolute atomic E-state index is 13.6. The van der Waals surface area contributed by atoms with Crippen molar-refractivity contribution < 1.29 is 17.9 Å². The maximum atomic E-state index is 13.6. The predicted octanol–water partition coefficient (Wildman–Crippen LogP) is 3.59. The minimum atomic E-state index is -0.792. The van der Waals surface area contributed by atoms with Crippen molar-refractivity contribution in [2.45, 2.75) is 51.7 Å². The quantitative estimate of drug-likeness (QED) is 0.770. The zero-order valence-corrected chi connectivity index (χ0v) is 12.5. The Balaban J connectivity index is 1.80. The average Bonchev–Trinajstić information content (AvgIpc) is 2.30. The van der Waals surface area contributed by atoms with Gasteiger partial charge in [0.2, 0.25) is 9.04 Å². The van der Waals surface area contributed by atoms with Crippen molar-refractivity contribution in [3.05, 3.63) is 34.9 Å². The fourth-order valence-electron chi connectivity index (χ4n) is 2.09. The first-order valence-electron chi connectivity index (χ1n) is 6.49. The van der Waals surface area contributed by atoms with Crippen LogP contribution in [0.3, 0.4) is 0 Å². The summed E-state index contributed by atoms with van der Waals surface area (Å²) >= 11 is 0. The molecule has 2 rings (SSSR count). The normalized spacial score (nSPS) is 22.6. The van der Waals surface area contributed by atoms with Gasteiger partial charge in [-0.3, -0.25) is 0 Å². The second-order valence-corrected chi connectivity index (χ2v) is 7.27. The molecule has 1 radical (unpaired) electrons. The van der Waals surface area contributed by atoms with Gasteiger partial charge in [-0.15, -0.1) is 0 Å². The number of hydrogen-bond donors (Lipinski definition) is 0. The highest BCUT2D eigenvalue weighted by molar-refractivity contribution is 6.48. The Morgan fingerprint density at radius 3 is 2.47 bits per heavy atom. The summed E-state index contributed by atoms with van der Waals surface area (Å²) in [5.41, 5.74) is 0.599. The molecule has 0 bridgehead atoms. The highest BCUT2D eigenvalue weighted by atomic mass is 28.3. The van der Waals surface area contributed by atoms with E-state index in [9.17, 15) is 8.78 Å². The van der Waals surface area contributed by atoms with Gasteiger partial charge in [-0.1, -0.05) is 12.1 Å². The summed E-state index contributed by atoms with van der Waals surface area (Å²) in [6.07, 6.45) is 2.10. The predicted molar refractivity (Wildman–Crippen MR) is 71.3 cm³/mol. The highest BCUT2D eigenvalue weighted by Gasteiger charge is 2.31. The van der Waals surface area contributed by atoms with Crippen molar-refractivity contribution in [3.8, 4) is 0 Å². The minimum Gasteiger partial charge on any atom is -0.414 e. The lowest BCUT2D eigenvalue weighted by atomic mass is 9.92. The van der Waals surface area contributed by atoms with E-state index in [1.165, 1.54) is 0 Å². The molecule has 0 N–H and O–H groups in total. The average molecular weight is 285 g/mol. The molecule has 0 unspecified atom stereocenters. The smallest absolute Gasteiger partial charge is 0.205 e. The van der Waals surface area contributed by atoms with E-state index in [0.29, 0.717) is 5.56 Å². The SMILES string of the molecule is Cc1ccc(COC2CC(O[Si](C)C)C2)c(F)c1F. The largest absolute Gasteiger partial charge is 0.414 e. The molecule has 2 nitrogen and oxygen atoms in total. The van der Waals surface area contributed by atoms with Gasteiger partial charge >= 0.3 is 0 Å². The molecule has 1 aliphatic rings. The standard InChI is InChI=1S/C14H19F2O2Si/c1-9-4-5-10(14(16)13(9)15)8-17-11-6-12(7-11)18-19(2)3/h4-5,11-12H,6-8H2,1-3H3. The molecule has 0 heterocycles. The summed E-state index contributed by atoms with van der Waals surface area (Å²) < 4.78 is 38.3. The van der Waals surface area contributed by atoms with Crippen LogP contribution in [0.4, 0.5) is 8.78 Å². The minimum absolute atomic E-state index is 0.107. The van der Waals surface area contributed by atoms with Gasteiger partial charge in [0.25, 0.3) is 0 Å². The molecule has 0 amide bonds. The Morgan fingerprint density at radius 1 is 1.16 bits per heavy atom. The summed E-state index contributed by atoms with van der Waals surface area (Å²) in [7, 11) is -0.666. The van der Waals surface area contributed by atoms with Gasteiger partial charge in [0.1, 0.15) is 0 Å². The van der Waals surface area contributed by atoms with Crippen molar-refractivity contribution in [1.82, 2.24) is 0 Å². The highest BCUT2D eigenvalue weighted by Crippen LogP contribution is 2.28. The fourth-order valence-corrected chi connectivity index (χ4v) is 2.95. The summed E-state index contributed by atoms with van der Waals surface area (Å²) in [5.74, 6) is -1.57. The molecule has 1 aromatic carbocycles. The van der Waals surface area contributed by atoms with E-state index in [4.69, 9.17) is 9.16 Å². The van der Waals surface area contributed by atoms with Crippen LogP contribution in [-0.2, 0) is 15.8 Å². The van der Waals surface area contributed by atoms with Gasteiger partial charge in [0, 0.05) is 11.7 Å². The first-order chi connectivity index (χ1) is 8.97. The first kappa shape index (κ1) is 14.6. The van der Waals surface area contributed by atoms with Crippen LogP contribution in [0.15, 0.2) is 12.1 Å². The van der Waals surface area contributed by atoms with Crippen LogP contribution in [0.25, 0.3) is 0 Å². The van der Waals surface area contributed by atoms with Crippen LogP contribution in [0.2, 0.25) is 13.1 Å². The lowest BCUT2D eigenvalue weighted by Crippen LogP contribution is -2.39. The lowest BCUT2D eigenvalue weighted by molar-refractivity contribution is -0.0699. The van der Waals surface area contributed by atoms with Gasteiger partial charge in [-0.2, -0.15) is 0 Å². The molecule has 0 saturated heterocycles. The van der Waals surface area contributed by atoms with Crippen molar-refractivity contribution in [1.29, 1.82) is 0 Å². The van der Waals surface area contributed by atoms with Crippen LogP contribution in [0.1, 0.15) is 24.0 Å². The molecule has 1 saturated carbocycles. The number of benzene rings is 1. The van der Waals surface area contributed by atoms with Crippen molar-refractivity contribution >= 4 is 9.04 Å². The Labute approximate surface area is 114 Å². The Hall–Kier alpha value is -0.783. The second kappa shape index (κ2) is 6.11. The van der Waals surface area contributed by atoms with Crippen molar-refractivity contribution in [2.75, 3.05) is 0 Å². The third-order valence-corrected chi connectivity index (χ3v) is 4.09. The van der Waals surface area contributed by atoms with Gasteiger partial charge in [0.05, 0.1) is 12.7 Å². The maximum Gasteiger partial charge on any atom is 0.205 e.